The topological polar surface area (TPSA) is 75.7 Å². The predicted molar refractivity (Wildman–Crippen MR) is 119 cm³/mol. The zero-order valence-electron chi connectivity index (χ0n) is 18.5. The van der Waals surface area contributed by atoms with E-state index in [2.05, 4.69) is 35.9 Å². The largest absolute Gasteiger partial charge is 0.376 e. The molecule has 1 heterocycles. The van der Waals surface area contributed by atoms with Gasteiger partial charge in [-0.3, -0.25) is 4.79 Å². The van der Waals surface area contributed by atoms with Gasteiger partial charge in [-0.1, -0.05) is 31.2 Å². The molecule has 1 aliphatic carbocycles. The van der Waals surface area contributed by atoms with E-state index < -0.39 is 10.0 Å². The van der Waals surface area contributed by atoms with Crippen LogP contribution in [0.25, 0.3) is 0 Å². The zero-order valence-corrected chi connectivity index (χ0v) is 19.3. The number of hydrogen-bond donors (Lipinski definition) is 1. The molecular formula is C23H36N2O4S. The maximum atomic E-state index is 12.1. The number of carbonyl (C=O) groups is 1. The summed E-state index contributed by atoms with van der Waals surface area (Å²) in [6.45, 7) is 4.80. The van der Waals surface area contributed by atoms with Crippen LogP contribution in [0.3, 0.4) is 0 Å². The van der Waals surface area contributed by atoms with E-state index >= 15 is 0 Å². The van der Waals surface area contributed by atoms with Crippen LogP contribution in [-0.2, 0) is 26.0 Å². The second-order valence-corrected chi connectivity index (χ2v) is 10.6. The van der Waals surface area contributed by atoms with E-state index in [0.717, 1.165) is 44.9 Å². The number of nitrogens with one attached hydrogen (secondary N) is 1. The third-order valence-electron chi connectivity index (χ3n) is 6.60. The van der Waals surface area contributed by atoms with Gasteiger partial charge in [-0.2, -0.15) is 0 Å². The number of amides is 1. The summed E-state index contributed by atoms with van der Waals surface area (Å²) in [6.07, 6.45) is 8.14. The molecule has 0 unspecified atom stereocenters. The van der Waals surface area contributed by atoms with Crippen LogP contribution in [0.4, 0.5) is 0 Å². The SMILES string of the molecule is CCc1ccccc1C1CCC(OC[C@H]2[C@@H](NS(C)(=O)=O)CCCN2C(C)=O)CC1. The minimum Gasteiger partial charge on any atom is -0.376 e. The molecule has 0 bridgehead atoms. The van der Waals surface area contributed by atoms with Crippen molar-refractivity contribution in [2.75, 3.05) is 19.4 Å². The third-order valence-corrected chi connectivity index (χ3v) is 7.33. The van der Waals surface area contributed by atoms with Crippen LogP contribution in [0.5, 0.6) is 0 Å². The number of nitrogens with zero attached hydrogens (tertiary/aromatic N) is 1. The number of likely N-dealkylation sites (tertiary alicyclic amines) is 1. The fourth-order valence-electron chi connectivity index (χ4n) is 5.10. The van der Waals surface area contributed by atoms with Crippen LogP contribution in [-0.4, -0.2) is 56.8 Å². The molecule has 7 heteroatoms. The van der Waals surface area contributed by atoms with Crippen LogP contribution in [0.1, 0.15) is 69.4 Å². The highest BCUT2D eigenvalue weighted by atomic mass is 32.2. The lowest BCUT2D eigenvalue weighted by Crippen LogP contribution is -2.58. The molecule has 3 rings (SSSR count). The number of piperidine rings is 1. The van der Waals surface area contributed by atoms with Crippen molar-refractivity contribution in [2.24, 2.45) is 0 Å². The van der Waals surface area contributed by atoms with Crippen molar-refractivity contribution in [3.8, 4) is 0 Å². The normalized spacial score (nSPS) is 27.8. The summed E-state index contributed by atoms with van der Waals surface area (Å²) < 4.78 is 32.6. The molecule has 0 spiro atoms. The van der Waals surface area contributed by atoms with Gasteiger partial charge in [0.1, 0.15) is 0 Å². The molecule has 1 saturated heterocycles. The van der Waals surface area contributed by atoms with E-state index in [1.54, 1.807) is 11.8 Å². The molecule has 1 aromatic rings. The Bertz CT molecular complexity index is 818. The third kappa shape index (κ3) is 6.05. The summed E-state index contributed by atoms with van der Waals surface area (Å²) in [5.41, 5.74) is 2.92. The fraction of sp³-hybridized carbons (Fsp3) is 0.696. The number of sulfonamides is 1. The number of hydrogen-bond acceptors (Lipinski definition) is 4. The molecule has 6 nitrogen and oxygen atoms in total. The van der Waals surface area contributed by atoms with E-state index in [9.17, 15) is 13.2 Å². The van der Waals surface area contributed by atoms with Crippen LogP contribution in [0.2, 0.25) is 0 Å². The van der Waals surface area contributed by atoms with Crippen LogP contribution in [0, 0.1) is 0 Å². The Kier molecular flexibility index (Phi) is 7.93. The maximum Gasteiger partial charge on any atom is 0.219 e. The number of carbonyl (C=O) groups excluding carboxylic acids is 1. The van der Waals surface area contributed by atoms with Gasteiger partial charge in [0.05, 0.1) is 25.0 Å². The first-order chi connectivity index (χ1) is 14.3. The van der Waals surface area contributed by atoms with E-state index in [4.69, 9.17) is 4.74 Å². The smallest absolute Gasteiger partial charge is 0.219 e. The van der Waals surface area contributed by atoms with Crippen molar-refractivity contribution in [3.05, 3.63) is 35.4 Å². The first-order valence-corrected chi connectivity index (χ1v) is 13.1. The van der Waals surface area contributed by atoms with Gasteiger partial charge in [-0.25, -0.2) is 13.1 Å². The Morgan fingerprint density at radius 2 is 1.87 bits per heavy atom. The molecular weight excluding hydrogens is 400 g/mol. The lowest BCUT2D eigenvalue weighted by Gasteiger charge is -2.41. The Hall–Kier alpha value is -1.44. The van der Waals surface area contributed by atoms with Gasteiger partial charge in [0, 0.05) is 19.5 Å². The van der Waals surface area contributed by atoms with E-state index in [1.165, 1.54) is 17.4 Å². The molecule has 1 amide bonds. The van der Waals surface area contributed by atoms with Crippen molar-refractivity contribution < 1.29 is 17.9 Å². The van der Waals surface area contributed by atoms with Crippen LogP contribution < -0.4 is 4.72 Å². The monoisotopic (exact) mass is 436 g/mol. The molecule has 1 N–H and O–H groups in total. The quantitative estimate of drug-likeness (QED) is 0.712. The zero-order chi connectivity index (χ0) is 21.7. The molecule has 2 aliphatic rings. The lowest BCUT2D eigenvalue weighted by molar-refractivity contribution is -0.136. The Labute approximate surface area is 181 Å². The van der Waals surface area contributed by atoms with E-state index in [1.807, 2.05) is 0 Å². The van der Waals surface area contributed by atoms with E-state index in [0.29, 0.717) is 19.1 Å². The van der Waals surface area contributed by atoms with Crippen molar-refractivity contribution in [3.63, 3.8) is 0 Å². The minimum atomic E-state index is -3.34. The van der Waals surface area contributed by atoms with Crippen molar-refractivity contribution >= 4 is 15.9 Å². The highest BCUT2D eigenvalue weighted by Crippen LogP contribution is 2.36. The summed E-state index contributed by atoms with van der Waals surface area (Å²) in [7, 11) is -3.34. The molecule has 0 aromatic heterocycles. The number of rotatable bonds is 7. The first-order valence-electron chi connectivity index (χ1n) is 11.2. The summed E-state index contributed by atoms with van der Waals surface area (Å²) in [5, 5.41) is 0. The van der Waals surface area contributed by atoms with Gasteiger partial charge >= 0.3 is 0 Å². The standard InChI is InChI=1S/C23H36N2O4S/c1-4-18-8-5-6-9-21(18)19-11-13-20(14-12-19)29-16-23-22(24-30(3,27)28)10-7-15-25(23)17(2)26/h5-6,8-9,19-20,22-24H,4,7,10-16H2,1-3H3/t19?,20?,22-,23-/m0/s1. The Balaban J connectivity index is 1.58. The van der Waals surface area contributed by atoms with Crippen molar-refractivity contribution in [2.45, 2.75) is 82.9 Å². The van der Waals surface area contributed by atoms with Crippen LogP contribution in [0.15, 0.2) is 24.3 Å². The highest BCUT2D eigenvalue weighted by molar-refractivity contribution is 7.88. The van der Waals surface area contributed by atoms with E-state index in [-0.39, 0.29) is 24.1 Å². The summed E-state index contributed by atoms with van der Waals surface area (Å²) >= 11 is 0. The second-order valence-electron chi connectivity index (χ2n) is 8.78. The van der Waals surface area contributed by atoms with Gasteiger partial charge in [-0.05, 0) is 62.0 Å². The van der Waals surface area contributed by atoms with Gasteiger partial charge in [-0.15, -0.1) is 0 Å². The highest BCUT2D eigenvalue weighted by Gasteiger charge is 2.35. The number of aryl methyl sites for hydroxylation is 1. The molecule has 30 heavy (non-hydrogen) atoms. The summed E-state index contributed by atoms with van der Waals surface area (Å²) in [6, 6.07) is 8.20. The molecule has 168 valence electrons. The first kappa shape index (κ1) is 23.2. The number of benzene rings is 1. The Morgan fingerprint density at radius 3 is 2.50 bits per heavy atom. The molecule has 1 aliphatic heterocycles. The average Bonchev–Trinajstić information content (AvgIpc) is 2.72. The molecule has 2 atom stereocenters. The number of ether oxygens (including phenoxy) is 1. The molecule has 1 saturated carbocycles. The summed E-state index contributed by atoms with van der Waals surface area (Å²) in [4.78, 5) is 13.9. The van der Waals surface area contributed by atoms with Crippen LogP contribution >= 0.6 is 0 Å². The van der Waals surface area contributed by atoms with Gasteiger partial charge in [0.15, 0.2) is 0 Å². The minimum absolute atomic E-state index is 0.0246. The Morgan fingerprint density at radius 1 is 1.17 bits per heavy atom. The summed E-state index contributed by atoms with van der Waals surface area (Å²) in [5.74, 6) is 0.563. The predicted octanol–water partition coefficient (Wildman–Crippen LogP) is 3.22. The fourth-order valence-corrected chi connectivity index (χ4v) is 5.92. The molecule has 1 aromatic carbocycles. The lowest BCUT2D eigenvalue weighted by atomic mass is 9.80. The van der Waals surface area contributed by atoms with Gasteiger partial charge in [0.25, 0.3) is 0 Å². The second kappa shape index (κ2) is 10.2. The molecule has 0 radical (unpaired) electrons. The van der Waals surface area contributed by atoms with Gasteiger partial charge in [0.2, 0.25) is 15.9 Å². The van der Waals surface area contributed by atoms with Gasteiger partial charge < -0.3 is 9.64 Å². The average molecular weight is 437 g/mol. The maximum absolute atomic E-state index is 12.1. The van der Waals surface area contributed by atoms with Crippen molar-refractivity contribution in [1.29, 1.82) is 0 Å². The van der Waals surface area contributed by atoms with Crippen molar-refractivity contribution in [1.82, 2.24) is 9.62 Å². The molecule has 2 fully saturated rings.